The van der Waals surface area contributed by atoms with Crippen molar-refractivity contribution in [2.45, 2.75) is 83.3 Å². The van der Waals surface area contributed by atoms with Crippen LogP contribution in [0.5, 0.6) is 0 Å². The molecule has 1 saturated carbocycles. The lowest BCUT2D eigenvalue weighted by molar-refractivity contribution is -0.150. The minimum atomic E-state index is -0.726. The molecule has 2 atom stereocenters. The highest BCUT2D eigenvalue weighted by molar-refractivity contribution is 5.89. The number of rotatable bonds is 12. The van der Waals surface area contributed by atoms with E-state index in [1.807, 2.05) is 35.2 Å². The van der Waals surface area contributed by atoms with Gasteiger partial charge in [0.15, 0.2) is 0 Å². The van der Waals surface area contributed by atoms with Gasteiger partial charge in [-0.25, -0.2) is 4.79 Å². The molecule has 0 radical (unpaired) electrons. The van der Waals surface area contributed by atoms with Gasteiger partial charge in [0.05, 0.1) is 13.2 Å². The monoisotopic (exact) mass is 541 g/mol. The summed E-state index contributed by atoms with van der Waals surface area (Å²) in [6.07, 6.45) is 10.8. The first-order valence-corrected chi connectivity index (χ1v) is 15.2. The molecule has 0 spiro atoms. The second-order valence-electron chi connectivity index (χ2n) is 11.5. The highest BCUT2D eigenvalue weighted by Crippen LogP contribution is 2.31. The summed E-state index contributed by atoms with van der Waals surface area (Å²) in [7, 11) is 0. The second kappa shape index (κ2) is 16.0. The molecule has 1 aromatic carbocycles. The van der Waals surface area contributed by atoms with Crippen molar-refractivity contribution in [1.82, 2.24) is 15.1 Å². The molecule has 1 aliphatic carbocycles. The van der Waals surface area contributed by atoms with Gasteiger partial charge in [0.1, 0.15) is 12.6 Å². The Labute approximate surface area is 233 Å². The number of nitrogens with zero attached hydrogens (tertiary/aromatic N) is 2. The summed E-state index contributed by atoms with van der Waals surface area (Å²) in [5.74, 6) is -0.583. The van der Waals surface area contributed by atoms with Crippen LogP contribution in [0.2, 0.25) is 0 Å². The van der Waals surface area contributed by atoms with Gasteiger partial charge in [-0.3, -0.25) is 9.59 Å². The van der Waals surface area contributed by atoms with E-state index in [0.29, 0.717) is 45.1 Å². The van der Waals surface area contributed by atoms with E-state index in [1.165, 1.54) is 38.5 Å². The topological polar surface area (TPSA) is 88.2 Å². The first-order valence-electron chi connectivity index (χ1n) is 15.2. The standard InChI is InChI=1S/C31H47N3O5/c35-29(34-18-20-38-21-19-34)23-27(22-25-10-4-1-5-11-25)30(36)32-28(14-17-33-15-8-3-9-16-33)31(37)39-24-26-12-6-2-7-13-26/h2,6-7,12-13,25,27-28H,1,3-5,8-11,14-24H2,(H,32,36)/t27-,28?/m1/s1. The zero-order valence-corrected chi connectivity index (χ0v) is 23.5. The van der Waals surface area contributed by atoms with Gasteiger partial charge in [0.2, 0.25) is 11.8 Å². The fraction of sp³-hybridized carbons (Fsp3) is 0.710. The lowest BCUT2D eigenvalue weighted by Gasteiger charge is -2.31. The van der Waals surface area contributed by atoms with Crippen molar-refractivity contribution in [3.05, 3.63) is 35.9 Å². The average molecular weight is 542 g/mol. The third kappa shape index (κ3) is 9.91. The molecule has 0 bridgehead atoms. The molecule has 0 aromatic heterocycles. The molecule has 2 saturated heterocycles. The van der Waals surface area contributed by atoms with Gasteiger partial charge in [-0.15, -0.1) is 0 Å². The molecule has 216 valence electrons. The molecule has 3 fully saturated rings. The smallest absolute Gasteiger partial charge is 0.329 e. The number of hydrogen-bond acceptors (Lipinski definition) is 6. The predicted molar refractivity (Wildman–Crippen MR) is 150 cm³/mol. The Hall–Kier alpha value is -2.45. The second-order valence-corrected chi connectivity index (χ2v) is 11.5. The summed E-state index contributed by atoms with van der Waals surface area (Å²) in [4.78, 5) is 44.3. The lowest BCUT2D eigenvalue weighted by atomic mass is 9.81. The van der Waals surface area contributed by atoms with E-state index in [1.54, 1.807) is 0 Å². The zero-order chi connectivity index (χ0) is 27.3. The van der Waals surface area contributed by atoms with Crippen LogP contribution in [0.3, 0.4) is 0 Å². The maximum absolute atomic E-state index is 13.7. The summed E-state index contributed by atoms with van der Waals surface area (Å²) in [6.45, 7) is 5.19. The van der Waals surface area contributed by atoms with Crippen LogP contribution in [0, 0.1) is 11.8 Å². The number of nitrogens with one attached hydrogen (secondary N) is 1. The molecule has 4 rings (SSSR count). The van der Waals surface area contributed by atoms with Gasteiger partial charge in [0, 0.05) is 32.0 Å². The Kier molecular flexibility index (Phi) is 12.1. The largest absolute Gasteiger partial charge is 0.459 e. The minimum absolute atomic E-state index is 0.00535. The van der Waals surface area contributed by atoms with Crippen molar-refractivity contribution in [2.24, 2.45) is 11.8 Å². The number of piperidine rings is 1. The van der Waals surface area contributed by atoms with Crippen LogP contribution in [0.4, 0.5) is 0 Å². The Bertz CT molecular complexity index is 893. The van der Waals surface area contributed by atoms with Gasteiger partial charge in [0.25, 0.3) is 0 Å². The van der Waals surface area contributed by atoms with E-state index in [-0.39, 0.29) is 24.8 Å². The molecule has 2 heterocycles. The Balaban J connectivity index is 1.41. The highest BCUT2D eigenvalue weighted by atomic mass is 16.5. The average Bonchev–Trinajstić information content (AvgIpc) is 2.99. The van der Waals surface area contributed by atoms with E-state index in [9.17, 15) is 14.4 Å². The number of amides is 2. The summed E-state index contributed by atoms with van der Waals surface area (Å²) in [5, 5.41) is 3.06. The SMILES string of the molecule is O=C(OCc1ccccc1)C(CCN1CCCCC1)NC(=O)[C@@H](CC(=O)N1CCOCC1)CC1CCCCC1. The molecular formula is C31H47N3O5. The quantitative estimate of drug-likeness (QED) is 0.404. The van der Waals surface area contributed by atoms with Crippen molar-refractivity contribution in [2.75, 3.05) is 45.9 Å². The number of carbonyl (C=O) groups is 3. The first-order chi connectivity index (χ1) is 19.1. The van der Waals surface area contributed by atoms with Crippen molar-refractivity contribution in [3.63, 3.8) is 0 Å². The van der Waals surface area contributed by atoms with Crippen molar-refractivity contribution >= 4 is 17.8 Å². The summed E-state index contributed by atoms with van der Waals surface area (Å²) >= 11 is 0. The van der Waals surface area contributed by atoms with Crippen LogP contribution in [-0.2, 0) is 30.5 Å². The zero-order valence-electron chi connectivity index (χ0n) is 23.5. The molecule has 1 unspecified atom stereocenters. The highest BCUT2D eigenvalue weighted by Gasteiger charge is 2.32. The molecular weight excluding hydrogens is 494 g/mol. The number of benzene rings is 1. The third-order valence-electron chi connectivity index (χ3n) is 8.51. The van der Waals surface area contributed by atoms with Gasteiger partial charge >= 0.3 is 5.97 Å². The molecule has 8 heteroatoms. The van der Waals surface area contributed by atoms with E-state index >= 15 is 0 Å². The van der Waals surface area contributed by atoms with Crippen molar-refractivity contribution in [3.8, 4) is 0 Å². The first kappa shape index (κ1) is 29.5. The molecule has 39 heavy (non-hydrogen) atoms. The van der Waals surface area contributed by atoms with Crippen LogP contribution in [0.25, 0.3) is 0 Å². The fourth-order valence-electron chi connectivity index (χ4n) is 6.12. The maximum atomic E-state index is 13.7. The maximum Gasteiger partial charge on any atom is 0.329 e. The fourth-order valence-corrected chi connectivity index (χ4v) is 6.12. The Morgan fingerprint density at radius 2 is 1.62 bits per heavy atom. The van der Waals surface area contributed by atoms with Gasteiger partial charge in [-0.05, 0) is 50.3 Å². The summed E-state index contributed by atoms with van der Waals surface area (Å²) in [5.41, 5.74) is 0.915. The van der Waals surface area contributed by atoms with Crippen LogP contribution in [0.1, 0.15) is 76.2 Å². The summed E-state index contributed by atoms with van der Waals surface area (Å²) in [6, 6.07) is 8.88. The van der Waals surface area contributed by atoms with Gasteiger partial charge in [-0.1, -0.05) is 68.9 Å². The number of morpholine rings is 1. The van der Waals surface area contributed by atoms with Gasteiger partial charge in [-0.2, -0.15) is 0 Å². The van der Waals surface area contributed by atoms with Crippen LogP contribution < -0.4 is 5.32 Å². The predicted octanol–water partition coefficient (Wildman–Crippen LogP) is 3.93. The number of ether oxygens (including phenoxy) is 2. The number of carbonyl (C=O) groups excluding carboxylic acids is 3. The molecule has 2 aliphatic heterocycles. The van der Waals surface area contributed by atoms with Crippen LogP contribution in [0.15, 0.2) is 30.3 Å². The Morgan fingerprint density at radius 1 is 0.923 bits per heavy atom. The number of esters is 1. The van der Waals surface area contributed by atoms with Crippen molar-refractivity contribution in [1.29, 1.82) is 0 Å². The van der Waals surface area contributed by atoms with Gasteiger partial charge < -0.3 is 24.6 Å². The number of hydrogen-bond donors (Lipinski definition) is 1. The van der Waals surface area contributed by atoms with Crippen molar-refractivity contribution < 1.29 is 23.9 Å². The molecule has 1 N–H and O–H groups in total. The lowest BCUT2D eigenvalue weighted by Crippen LogP contribution is -2.48. The van der Waals surface area contributed by atoms with E-state index in [2.05, 4.69) is 10.2 Å². The van der Waals surface area contributed by atoms with Crippen LogP contribution >= 0.6 is 0 Å². The molecule has 3 aliphatic rings. The Morgan fingerprint density at radius 3 is 2.33 bits per heavy atom. The number of likely N-dealkylation sites (tertiary alicyclic amines) is 1. The van der Waals surface area contributed by atoms with E-state index in [4.69, 9.17) is 9.47 Å². The third-order valence-corrected chi connectivity index (χ3v) is 8.51. The van der Waals surface area contributed by atoms with Crippen LogP contribution in [-0.4, -0.2) is 79.6 Å². The molecule has 2 amide bonds. The normalized spacial score (nSPS) is 20.7. The minimum Gasteiger partial charge on any atom is -0.459 e. The van der Waals surface area contributed by atoms with E-state index < -0.39 is 17.9 Å². The summed E-state index contributed by atoms with van der Waals surface area (Å²) < 4.78 is 11.1. The molecule has 1 aromatic rings. The van der Waals surface area contributed by atoms with E-state index in [0.717, 1.165) is 38.0 Å². The molecule has 8 nitrogen and oxygen atoms in total.